The standard InChI is InChI=1S/C13H10FIN2O2/c1-7-2-3-8(6-10(7)15)17-12-11(14)9(13(18)19)4-5-16-12/h2-6H,1H3,(H,16,17)(H,18,19). The number of pyridine rings is 1. The summed E-state index contributed by atoms with van der Waals surface area (Å²) in [5.41, 5.74) is 1.36. The molecule has 1 heterocycles. The van der Waals surface area contributed by atoms with Crippen LogP contribution in [-0.2, 0) is 0 Å². The van der Waals surface area contributed by atoms with Gasteiger partial charge in [0, 0.05) is 15.5 Å². The number of aromatic nitrogens is 1. The van der Waals surface area contributed by atoms with E-state index in [1.807, 2.05) is 19.1 Å². The third-order valence-electron chi connectivity index (χ3n) is 2.55. The molecule has 0 amide bonds. The lowest BCUT2D eigenvalue weighted by molar-refractivity contribution is 0.0692. The van der Waals surface area contributed by atoms with E-state index in [-0.39, 0.29) is 5.82 Å². The fraction of sp³-hybridized carbons (Fsp3) is 0.0769. The summed E-state index contributed by atoms with van der Waals surface area (Å²) in [6.45, 7) is 1.97. The number of hydrogen-bond donors (Lipinski definition) is 2. The number of aromatic carboxylic acids is 1. The highest BCUT2D eigenvalue weighted by molar-refractivity contribution is 14.1. The molecular formula is C13H10FIN2O2. The Morgan fingerprint density at radius 2 is 2.16 bits per heavy atom. The van der Waals surface area contributed by atoms with E-state index >= 15 is 0 Å². The van der Waals surface area contributed by atoms with Gasteiger partial charge in [0.2, 0.25) is 0 Å². The molecule has 0 bridgehead atoms. The van der Waals surface area contributed by atoms with Gasteiger partial charge in [0.15, 0.2) is 11.6 Å². The number of benzene rings is 1. The topological polar surface area (TPSA) is 62.2 Å². The molecule has 98 valence electrons. The molecule has 1 aromatic heterocycles. The maximum atomic E-state index is 13.9. The van der Waals surface area contributed by atoms with Gasteiger partial charge in [-0.05, 0) is 53.3 Å². The zero-order chi connectivity index (χ0) is 14.0. The second-order valence-corrected chi connectivity index (χ2v) is 5.08. The SMILES string of the molecule is Cc1ccc(Nc2nccc(C(=O)O)c2F)cc1I. The van der Waals surface area contributed by atoms with Crippen molar-refractivity contribution in [2.45, 2.75) is 6.92 Å². The molecule has 0 unspecified atom stereocenters. The van der Waals surface area contributed by atoms with E-state index in [0.29, 0.717) is 5.69 Å². The zero-order valence-electron chi connectivity index (χ0n) is 9.95. The Morgan fingerprint density at radius 1 is 1.42 bits per heavy atom. The van der Waals surface area contributed by atoms with Crippen LogP contribution in [0.5, 0.6) is 0 Å². The third-order valence-corrected chi connectivity index (χ3v) is 3.72. The Balaban J connectivity index is 2.35. The third kappa shape index (κ3) is 3.01. The molecule has 0 radical (unpaired) electrons. The first-order valence-electron chi connectivity index (χ1n) is 5.40. The lowest BCUT2D eigenvalue weighted by Crippen LogP contribution is -2.05. The summed E-state index contributed by atoms with van der Waals surface area (Å²) in [5.74, 6) is -2.29. The van der Waals surface area contributed by atoms with Crippen molar-refractivity contribution in [2.75, 3.05) is 5.32 Å². The first kappa shape index (κ1) is 13.7. The average molecular weight is 372 g/mol. The van der Waals surface area contributed by atoms with Crippen molar-refractivity contribution in [3.05, 3.63) is 51.0 Å². The molecule has 0 aliphatic carbocycles. The molecule has 0 aliphatic rings. The lowest BCUT2D eigenvalue weighted by atomic mass is 10.2. The number of carboxylic acids is 1. The highest BCUT2D eigenvalue weighted by Crippen LogP contribution is 2.23. The zero-order valence-corrected chi connectivity index (χ0v) is 12.1. The maximum absolute atomic E-state index is 13.9. The van der Waals surface area contributed by atoms with E-state index in [1.165, 1.54) is 6.20 Å². The number of aryl methyl sites for hydroxylation is 1. The Kier molecular flexibility index (Phi) is 3.98. The number of hydrogen-bond acceptors (Lipinski definition) is 3. The van der Waals surface area contributed by atoms with Crippen molar-refractivity contribution in [1.29, 1.82) is 0 Å². The molecule has 4 nitrogen and oxygen atoms in total. The minimum atomic E-state index is -1.32. The summed E-state index contributed by atoms with van der Waals surface area (Å²) < 4.78 is 14.9. The molecule has 0 fully saturated rings. The van der Waals surface area contributed by atoms with Crippen LogP contribution in [-0.4, -0.2) is 16.1 Å². The van der Waals surface area contributed by atoms with Crippen LogP contribution >= 0.6 is 22.6 Å². The highest BCUT2D eigenvalue weighted by atomic mass is 127. The van der Waals surface area contributed by atoms with Gasteiger partial charge in [-0.25, -0.2) is 14.2 Å². The smallest absolute Gasteiger partial charge is 0.338 e. The minimum absolute atomic E-state index is 0.0976. The fourth-order valence-electron chi connectivity index (χ4n) is 1.50. The van der Waals surface area contributed by atoms with E-state index in [0.717, 1.165) is 15.2 Å². The normalized spacial score (nSPS) is 10.3. The van der Waals surface area contributed by atoms with E-state index in [2.05, 4.69) is 32.9 Å². The number of rotatable bonds is 3. The Hall–Kier alpha value is -1.70. The molecule has 0 saturated heterocycles. The average Bonchev–Trinajstić information content (AvgIpc) is 2.36. The summed E-state index contributed by atoms with van der Waals surface area (Å²) in [4.78, 5) is 14.6. The summed E-state index contributed by atoms with van der Waals surface area (Å²) >= 11 is 2.17. The van der Waals surface area contributed by atoms with Crippen LogP contribution in [0.15, 0.2) is 30.5 Å². The lowest BCUT2D eigenvalue weighted by Gasteiger charge is -2.09. The van der Waals surface area contributed by atoms with Gasteiger partial charge in [0.25, 0.3) is 0 Å². The molecule has 6 heteroatoms. The second-order valence-electron chi connectivity index (χ2n) is 3.92. The van der Waals surface area contributed by atoms with Crippen molar-refractivity contribution < 1.29 is 14.3 Å². The number of nitrogens with one attached hydrogen (secondary N) is 1. The van der Waals surface area contributed by atoms with Crippen molar-refractivity contribution >= 4 is 40.1 Å². The summed E-state index contributed by atoms with van der Waals surface area (Å²) in [7, 11) is 0. The molecular weight excluding hydrogens is 362 g/mol. The molecule has 0 aliphatic heterocycles. The molecule has 19 heavy (non-hydrogen) atoms. The molecule has 0 spiro atoms. The molecule has 2 aromatic rings. The molecule has 1 aromatic carbocycles. The van der Waals surface area contributed by atoms with Gasteiger partial charge in [-0.1, -0.05) is 6.07 Å². The van der Waals surface area contributed by atoms with Crippen LogP contribution in [0.25, 0.3) is 0 Å². The van der Waals surface area contributed by atoms with Crippen molar-refractivity contribution in [1.82, 2.24) is 4.98 Å². The minimum Gasteiger partial charge on any atom is -0.478 e. The van der Waals surface area contributed by atoms with Crippen LogP contribution < -0.4 is 5.32 Å². The monoisotopic (exact) mass is 372 g/mol. The summed E-state index contributed by atoms with van der Waals surface area (Å²) in [5, 5.41) is 11.6. The number of halogens is 2. The Morgan fingerprint density at radius 3 is 2.79 bits per heavy atom. The van der Waals surface area contributed by atoms with E-state index in [4.69, 9.17) is 5.11 Å². The van der Waals surface area contributed by atoms with Crippen LogP contribution in [0.2, 0.25) is 0 Å². The highest BCUT2D eigenvalue weighted by Gasteiger charge is 2.15. The number of carboxylic acid groups (broad SMARTS) is 1. The quantitative estimate of drug-likeness (QED) is 0.809. The van der Waals surface area contributed by atoms with Gasteiger partial charge >= 0.3 is 5.97 Å². The van der Waals surface area contributed by atoms with Crippen molar-refractivity contribution in [3.8, 4) is 0 Å². The van der Waals surface area contributed by atoms with Gasteiger partial charge in [0.05, 0.1) is 0 Å². The van der Waals surface area contributed by atoms with Crippen molar-refractivity contribution in [3.63, 3.8) is 0 Å². The van der Waals surface area contributed by atoms with Gasteiger partial charge in [-0.2, -0.15) is 0 Å². The number of carbonyl (C=O) groups is 1. The van der Waals surface area contributed by atoms with Gasteiger partial charge in [0.1, 0.15) is 5.56 Å². The largest absolute Gasteiger partial charge is 0.478 e. The Labute approximate surface area is 122 Å². The number of nitrogens with zero attached hydrogens (tertiary/aromatic N) is 1. The van der Waals surface area contributed by atoms with E-state index < -0.39 is 17.3 Å². The van der Waals surface area contributed by atoms with Crippen LogP contribution in [0.1, 0.15) is 15.9 Å². The summed E-state index contributed by atoms with van der Waals surface area (Å²) in [6, 6.07) is 6.64. The first-order chi connectivity index (χ1) is 8.99. The second kappa shape index (κ2) is 5.52. The molecule has 0 atom stereocenters. The summed E-state index contributed by atoms with van der Waals surface area (Å²) in [6.07, 6.45) is 1.26. The van der Waals surface area contributed by atoms with E-state index in [9.17, 15) is 9.18 Å². The van der Waals surface area contributed by atoms with Gasteiger partial charge < -0.3 is 10.4 Å². The molecule has 0 saturated carbocycles. The van der Waals surface area contributed by atoms with Crippen LogP contribution in [0.3, 0.4) is 0 Å². The van der Waals surface area contributed by atoms with Gasteiger partial charge in [-0.15, -0.1) is 0 Å². The maximum Gasteiger partial charge on any atom is 0.338 e. The predicted octanol–water partition coefficient (Wildman–Crippen LogP) is 3.58. The molecule has 2 N–H and O–H groups in total. The van der Waals surface area contributed by atoms with Crippen LogP contribution in [0, 0.1) is 16.3 Å². The van der Waals surface area contributed by atoms with Crippen molar-refractivity contribution in [2.24, 2.45) is 0 Å². The van der Waals surface area contributed by atoms with E-state index in [1.54, 1.807) is 6.07 Å². The molecule has 2 rings (SSSR count). The van der Waals surface area contributed by atoms with Crippen LogP contribution in [0.4, 0.5) is 15.9 Å². The van der Waals surface area contributed by atoms with Gasteiger partial charge in [-0.3, -0.25) is 0 Å². The number of anilines is 2. The predicted molar refractivity (Wildman–Crippen MR) is 78.3 cm³/mol. The Bertz CT molecular complexity index is 647. The first-order valence-corrected chi connectivity index (χ1v) is 6.48. The fourth-order valence-corrected chi connectivity index (χ4v) is 2.02.